The van der Waals surface area contributed by atoms with Gasteiger partial charge in [0.1, 0.15) is 5.82 Å². The highest BCUT2D eigenvalue weighted by Crippen LogP contribution is 2.23. The summed E-state index contributed by atoms with van der Waals surface area (Å²) in [6.45, 7) is 5.23. The van der Waals surface area contributed by atoms with Crippen LogP contribution in [0.15, 0.2) is 23.1 Å². The average molecular weight is 396 g/mol. The fraction of sp³-hybridized carbons (Fsp3) is 0.579. The first kappa shape index (κ1) is 20.1. The summed E-state index contributed by atoms with van der Waals surface area (Å²) in [7, 11) is 0. The van der Waals surface area contributed by atoms with Gasteiger partial charge >= 0.3 is 0 Å². The molecule has 2 amide bonds. The molecular formula is C19H26FN3O3S. The van der Waals surface area contributed by atoms with Crippen LogP contribution in [0, 0.1) is 11.7 Å². The lowest BCUT2D eigenvalue weighted by atomic mass is 10.1. The molecule has 0 aromatic heterocycles. The second-order valence-electron chi connectivity index (χ2n) is 6.83. The quantitative estimate of drug-likeness (QED) is 0.706. The molecule has 0 saturated carbocycles. The van der Waals surface area contributed by atoms with Crippen molar-refractivity contribution in [2.45, 2.75) is 17.9 Å². The fourth-order valence-corrected chi connectivity index (χ4v) is 4.10. The van der Waals surface area contributed by atoms with E-state index in [1.807, 2.05) is 12.3 Å². The van der Waals surface area contributed by atoms with Crippen molar-refractivity contribution in [1.82, 2.24) is 15.1 Å². The molecule has 8 heteroatoms. The van der Waals surface area contributed by atoms with Crippen LogP contribution in [-0.4, -0.2) is 73.8 Å². The number of carbonyl (C=O) groups excluding carboxylic acids is 2. The molecular weight excluding hydrogens is 369 g/mol. The SMILES string of the molecule is CSc1cccc(F)c1CNC(=O)C1CC(=O)N(CCN2CCOCC2)C1. The van der Waals surface area contributed by atoms with E-state index in [0.29, 0.717) is 18.7 Å². The summed E-state index contributed by atoms with van der Waals surface area (Å²) in [5.74, 6) is -0.866. The molecule has 0 bridgehead atoms. The first-order valence-electron chi connectivity index (χ1n) is 9.25. The van der Waals surface area contributed by atoms with Crippen LogP contribution in [0.2, 0.25) is 0 Å². The molecule has 27 heavy (non-hydrogen) atoms. The third kappa shape index (κ3) is 5.21. The van der Waals surface area contributed by atoms with E-state index < -0.39 is 0 Å². The molecule has 1 N–H and O–H groups in total. The van der Waals surface area contributed by atoms with Gasteiger partial charge in [-0.3, -0.25) is 14.5 Å². The third-order valence-corrected chi connectivity index (χ3v) is 5.93. The first-order valence-corrected chi connectivity index (χ1v) is 10.5. The molecule has 2 heterocycles. The molecule has 0 aliphatic carbocycles. The van der Waals surface area contributed by atoms with Crippen molar-refractivity contribution >= 4 is 23.6 Å². The van der Waals surface area contributed by atoms with Gasteiger partial charge in [0.2, 0.25) is 11.8 Å². The topological polar surface area (TPSA) is 61.9 Å². The number of benzene rings is 1. The van der Waals surface area contributed by atoms with E-state index in [2.05, 4.69) is 10.2 Å². The van der Waals surface area contributed by atoms with Crippen LogP contribution >= 0.6 is 11.8 Å². The molecule has 1 unspecified atom stereocenters. The van der Waals surface area contributed by atoms with Gasteiger partial charge in [-0.15, -0.1) is 11.8 Å². The number of hydrogen-bond acceptors (Lipinski definition) is 5. The van der Waals surface area contributed by atoms with Crippen LogP contribution in [0.1, 0.15) is 12.0 Å². The Morgan fingerprint density at radius 3 is 2.85 bits per heavy atom. The summed E-state index contributed by atoms with van der Waals surface area (Å²) >= 11 is 1.45. The molecule has 2 fully saturated rings. The standard InChI is InChI=1S/C19H26FN3O3S/c1-27-17-4-2-3-16(20)15(17)12-21-19(25)14-11-18(24)23(13-14)6-5-22-7-9-26-10-8-22/h2-4,14H,5-13H2,1H3,(H,21,25). The average Bonchev–Trinajstić information content (AvgIpc) is 3.06. The number of ether oxygens (including phenoxy) is 1. The molecule has 2 aliphatic heterocycles. The summed E-state index contributed by atoms with van der Waals surface area (Å²) < 4.78 is 19.4. The molecule has 0 radical (unpaired) electrons. The minimum atomic E-state index is -0.369. The van der Waals surface area contributed by atoms with Crippen LogP contribution < -0.4 is 5.32 Å². The zero-order valence-electron chi connectivity index (χ0n) is 15.6. The summed E-state index contributed by atoms with van der Waals surface area (Å²) in [6.07, 6.45) is 2.10. The van der Waals surface area contributed by atoms with E-state index in [1.165, 1.54) is 17.8 Å². The molecule has 3 rings (SSSR count). The maximum absolute atomic E-state index is 14.0. The van der Waals surface area contributed by atoms with E-state index in [1.54, 1.807) is 11.0 Å². The maximum atomic E-state index is 14.0. The summed E-state index contributed by atoms with van der Waals surface area (Å²) in [6, 6.07) is 4.89. The molecule has 1 aromatic carbocycles. The summed E-state index contributed by atoms with van der Waals surface area (Å²) in [4.78, 5) is 29.6. The number of thioether (sulfide) groups is 1. The van der Waals surface area contributed by atoms with Gasteiger partial charge < -0.3 is 15.0 Å². The van der Waals surface area contributed by atoms with E-state index in [0.717, 1.165) is 37.7 Å². The van der Waals surface area contributed by atoms with Crippen molar-refractivity contribution in [3.05, 3.63) is 29.6 Å². The Hall–Kier alpha value is -1.64. The second kappa shape index (κ2) is 9.52. The van der Waals surface area contributed by atoms with Gasteiger partial charge in [0.15, 0.2) is 0 Å². The van der Waals surface area contributed by atoms with Crippen LogP contribution in [0.3, 0.4) is 0 Å². The zero-order valence-corrected chi connectivity index (χ0v) is 16.4. The fourth-order valence-electron chi connectivity index (χ4n) is 3.47. The van der Waals surface area contributed by atoms with Gasteiger partial charge in [-0.25, -0.2) is 4.39 Å². The Bertz CT molecular complexity index is 682. The van der Waals surface area contributed by atoms with E-state index in [9.17, 15) is 14.0 Å². The Kier molecular flexibility index (Phi) is 7.09. The summed E-state index contributed by atoms with van der Waals surface area (Å²) in [5.41, 5.74) is 0.492. The zero-order chi connectivity index (χ0) is 19.2. The van der Waals surface area contributed by atoms with E-state index in [4.69, 9.17) is 4.74 Å². The highest BCUT2D eigenvalue weighted by Gasteiger charge is 2.34. The molecule has 2 aliphatic rings. The lowest BCUT2D eigenvalue weighted by molar-refractivity contribution is -0.129. The second-order valence-corrected chi connectivity index (χ2v) is 7.68. The van der Waals surface area contributed by atoms with Crippen LogP contribution in [0.25, 0.3) is 0 Å². The van der Waals surface area contributed by atoms with Crippen molar-refractivity contribution in [2.75, 3.05) is 52.2 Å². The molecule has 6 nitrogen and oxygen atoms in total. The van der Waals surface area contributed by atoms with Crippen molar-refractivity contribution in [1.29, 1.82) is 0 Å². The molecule has 1 aromatic rings. The Balaban J connectivity index is 1.49. The van der Waals surface area contributed by atoms with E-state index in [-0.39, 0.29) is 36.5 Å². The van der Waals surface area contributed by atoms with Gasteiger partial charge in [-0.05, 0) is 18.4 Å². The largest absolute Gasteiger partial charge is 0.379 e. The van der Waals surface area contributed by atoms with Crippen LogP contribution in [-0.2, 0) is 20.9 Å². The van der Waals surface area contributed by atoms with Crippen molar-refractivity contribution in [2.24, 2.45) is 5.92 Å². The minimum absolute atomic E-state index is 0.0131. The highest BCUT2D eigenvalue weighted by atomic mass is 32.2. The van der Waals surface area contributed by atoms with Crippen LogP contribution in [0.5, 0.6) is 0 Å². The predicted molar refractivity (Wildman–Crippen MR) is 102 cm³/mol. The van der Waals surface area contributed by atoms with Gasteiger partial charge in [0.25, 0.3) is 0 Å². The Labute approximate surface area is 163 Å². The number of amides is 2. The van der Waals surface area contributed by atoms with Gasteiger partial charge in [-0.1, -0.05) is 6.07 Å². The van der Waals surface area contributed by atoms with E-state index >= 15 is 0 Å². The van der Waals surface area contributed by atoms with Gasteiger partial charge in [0, 0.05) is 56.1 Å². The Morgan fingerprint density at radius 2 is 2.11 bits per heavy atom. The monoisotopic (exact) mass is 395 g/mol. The van der Waals surface area contributed by atoms with Gasteiger partial charge in [0.05, 0.1) is 19.1 Å². The minimum Gasteiger partial charge on any atom is -0.379 e. The number of carbonyl (C=O) groups is 2. The number of morpholine rings is 1. The van der Waals surface area contributed by atoms with Crippen LogP contribution in [0.4, 0.5) is 4.39 Å². The molecule has 0 spiro atoms. The number of likely N-dealkylation sites (tertiary alicyclic amines) is 1. The smallest absolute Gasteiger partial charge is 0.225 e. The molecule has 148 valence electrons. The lowest BCUT2D eigenvalue weighted by Crippen LogP contribution is -2.42. The molecule has 1 atom stereocenters. The predicted octanol–water partition coefficient (Wildman–Crippen LogP) is 1.34. The maximum Gasteiger partial charge on any atom is 0.225 e. The third-order valence-electron chi connectivity index (χ3n) is 5.11. The number of halogens is 1. The lowest BCUT2D eigenvalue weighted by Gasteiger charge is -2.28. The number of hydrogen-bond donors (Lipinski definition) is 1. The van der Waals surface area contributed by atoms with Crippen molar-refractivity contribution in [3.8, 4) is 0 Å². The van der Waals surface area contributed by atoms with Gasteiger partial charge in [-0.2, -0.15) is 0 Å². The van der Waals surface area contributed by atoms with Crippen molar-refractivity contribution in [3.63, 3.8) is 0 Å². The number of nitrogens with one attached hydrogen (secondary N) is 1. The number of nitrogens with zero attached hydrogens (tertiary/aromatic N) is 2. The first-order chi connectivity index (χ1) is 13.1. The number of rotatable bonds is 7. The Morgan fingerprint density at radius 1 is 1.33 bits per heavy atom. The van der Waals surface area contributed by atoms with Crippen molar-refractivity contribution < 1.29 is 18.7 Å². The highest BCUT2D eigenvalue weighted by molar-refractivity contribution is 7.98. The molecule has 2 saturated heterocycles. The summed E-state index contributed by atoms with van der Waals surface area (Å²) in [5, 5.41) is 2.80. The normalized spacial score (nSPS) is 20.9.